The monoisotopic (exact) mass is 165 g/mol. The van der Waals surface area contributed by atoms with Crippen LogP contribution in [-0.2, 0) is 4.79 Å². The second-order valence-corrected chi connectivity index (χ2v) is 3.68. The third-order valence-electron chi connectivity index (χ3n) is 2.58. The van der Waals surface area contributed by atoms with Crippen molar-refractivity contribution in [3.8, 4) is 0 Å². The molecule has 2 atom stereocenters. The van der Waals surface area contributed by atoms with Crippen molar-refractivity contribution in [1.29, 1.82) is 0 Å². The van der Waals surface area contributed by atoms with Crippen molar-refractivity contribution in [2.24, 2.45) is 17.1 Å². The van der Waals surface area contributed by atoms with Gasteiger partial charge in [0.25, 0.3) is 0 Å². The Kier molecular flexibility index (Phi) is 2.36. The van der Waals surface area contributed by atoms with E-state index in [2.05, 4.69) is 26.0 Å². The number of carbonyl (C=O) groups excluding carboxylic acids is 1. The highest BCUT2D eigenvalue weighted by Gasteiger charge is 2.29. The number of carbonyl (C=O) groups is 1. The number of amides is 1. The first-order valence-electron chi connectivity index (χ1n) is 4.19. The summed E-state index contributed by atoms with van der Waals surface area (Å²) in [5, 5.41) is 0. The molecule has 1 amide bonds. The predicted molar refractivity (Wildman–Crippen MR) is 49.4 cm³/mol. The van der Waals surface area contributed by atoms with E-state index in [0.29, 0.717) is 12.3 Å². The van der Waals surface area contributed by atoms with E-state index in [4.69, 9.17) is 5.73 Å². The summed E-state index contributed by atoms with van der Waals surface area (Å²) < 4.78 is 0. The van der Waals surface area contributed by atoms with Crippen LogP contribution >= 0.6 is 0 Å². The normalized spacial score (nSPS) is 33.7. The SMILES string of the molecule is CC1C=CC=CC1(C)CC(N)=O. The van der Waals surface area contributed by atoms with E-state index in [1.165, 1.54) is 0 Å². The second kappa shape index (κ2) is 3.13. The number of nitrogens with two attached hydrogens (primary N) is 1. The molecule has 0 aliphatic heterocycles. The van der Waals surface area contributed by atoms with Crippen LogP contribution in [0.1, 0.15) is 20.3 Å². The lowest BCUT2D eigenvalue weighted by molar-refractivity contribution is -0.119. The topological polar surface area (TPSA) is 43.1 Å². The van der Waals surface area contributed by atoms with Gasteiger partial charge in [-0.2, -0.15) is 0 Å². The van der Waals surface area contributed by atoms with Crippen molar-refractivity contribution < 1.29 is 4.79 Å². The molecule has 0 radical (unpaired) electrons. The summed E-state index contributed by atoms with van der Waals surface area (Å²) >= 11 is 0. The molecular weight excluding hydrogens is 150 g/mol. The summed E-state index contributed by atoms with van der Waals surface area (Å²) in [6.45, 7) is 4.16. The minimum atomic E-state index is -0.232. The number of hydrogen-bond acceptors (Lipinski definition) is 1. The number of allylic oxidation sites excluding steroid dienone is 4. The Hall–Kier alpha value is -1.05. The Balaban J connectivity index is 2.76. The quantitative estimate of drug-likeness (QED) is 0.664. The average Bonchev–Trinajstić information content (AvgIpc) is 1.94. The van der Waals surface area contributed by atoms with E-state index in [-0.39, 0.29) is 11.3 Å². The molecule has 1 aliphatic carbocycles. The molecule has 0 heterocycles. The molecule has 0 aromatic rings. The van der Waals surface area contributed by atoms with Crippen LogP contribution in [0.4, 0.5) is 0 Å². The van der Waals surface area contributed by atoms with Gasteiger partial charge in [0, 0.05) is 11.8 Å². The van der Waals surface area contributed by atoms with Gasteiger partial charge in [-0.3, -0.25) is 4.79 Å². The van der Waals surface area contributed by atoms with Crippen LogP contribution in [-0.4, -0.2) is 5.91 Å². The first-order valence-corrected chi connectivity index (χ1v) is 4.19. The minimum Gasteiger partial charge on any atom is -0.370 e. The Morgan fingerprint density at radius 2 is 2.25 bits per heavy atom. The third-order valence-corrected chi connectivity index (χ3v) is 2.58. The zero-order valence-corrected chi connectivity index (χ0v) is 7.58. The Bertz CT molecular complexity index is 242. The van der Waals surface area contributed by atoms with Crippen LogP contribution in [0.5, 0.6) is 0 Å². The van der Waals surface area contributed by atoms with Crippen LogP contribution in [0.15, 0.2) is 24.3 Å². The van der Waals surface area contributed by atoms with Gasteiger partial charge in [0.05, 0.1) is 0 Å². The van der Waals surface area contributed by atoms with Crippen LogP contribution < -0.4 is 5.73 Å². The van der Waals surface area contributed by atoms with Gasteiger partial charge in [0.1, 0.15) is 0 Å². The molecule has 0 bridgehead atoms. The minimum absolute atomic E-state index is 0.0828. The molecule has 0 spiro atoms. The van der Waals surface area contributed by atoms with Gasteiger partial charge in [-0.15, -0.1) is 0 Å². The molecule has 0 saturated carbocycles. The van der Waals surface area contributed by atoms with Gasteiger partial charge >= 0.3 is 0 Å². The molecule has 66 valence electrons. The summed E-state index contributed by atoms with van der Waals surface area (Å²) in [7, 11) is 0. The molecule has 0 aromatic heterocycles. The fourth-order valence-electron chi connectivity index (χ4n) is 1.47. The molecule has 2 unspecified atom stereocenters. The fourth-order valence-corrected chi connectivity index (χ4v) is 1.47. The Morgan fingerprint density at radius 1 is 1.58 bits per heavy atom. The summed E-state index contributed by atoms with van der Waals surface area (Å²) in [6.07, 6.45) is 8.57. The standard InChI is InChI=1S/C10H15NO/c1-8-5-3-4-6-10(8,2)7-9(11)12/h3-6,8H,7H2,1-2H3,(H2,11,12). The maximum atomic E-state index is 10.8. The first-order chi connectivity index (χ1) is 5.54. The van der Waals surface area contributed by atoms with Gasteiger partial charge in [0.15, 0.2) is 0 Å². The van der Waals surface area contributed by atoms with Gasteiger partial charge in [-0.25, -0.2) is 0 Å². The van der Waals surface area contributed by atoms with Crippen LogP contribution in [0.3, 0.4) is 0 Å². The molecule has 1 aliphatic rings. The van der Waals surface area contributed by atoms with E-state index in [0.717, 1.165) is 0 Å². The molecule has 0 saturated heterocycles. The van der Waals surface area contributed by atoms with Gasteiger partial charge in [-0.1, -0.05) is 38.2 Å². The third kappa shape index (κ3) is 1.76. The molecule has 0 fully saturated rings. The van der Waals surface area contributed by atoms with Crippen LogP contribution in [0.2, 0.25) is 0 Å². The highest BCUT2D eigenvalue weighted by molar-refractivity contribution is 5.75. The Labute approximate surface area is 73.1 Å². The smallest absolute Gasteiger partial charge is 0.218 e. The second-order valence-electron chi connectivity index (χ2n) is 3.68. The fraction of sp³-hybridized carbons (Fsp3) is 0.500. The predicted octanol–water partition coefficient (Wildman–Crippen LogP) is 1.63. The first kappa shape index (κ1) is 9.04. The molecular formula is C10H15NO. The van der Waals surface area contributed by atoms with Gasteiger partial charge in [-0.05, 0) is 5.92 Å². The number of rotatable bonds is 2. The van der Waals surface area contributed by atoms with E-state index in [9.17, 15) is 4.79 Å². The van der Waals surface area contributed by atoms with E-state index < -0.39 is 0 Å². The largest absolute Gasteiger partial charge is 0.370 e. The van der Waals surface area contributed by atoms with E-state index in [1.807, 2.05) is 12.2 Å². The van der Waals surface area contributed by atoms with Crippen molar-refractivity contribution in [2.45, 2.75) is 20.3 Å². The lowest BCUT2D eigenvalue weighted by Crippen LogP contribution is -2.29. The molecule has 2 nitrogen and oxygen atoms in total. The summed E-state index contributed by atoms with van der Waals surface area (Å²) in [6, 6.07) is 0. The van der Waals surface area contributed by atoms with Gasteiger partial charge in [0.2, 0.25) is 5.91 Å². The maximum Gasteiger partial charge on any atom is 0.218 e. The number of primary amides is 1. The molecule has 2 N–H and O–H groups in total. The van der Waals surface area contributed by atoms with Crippen molar-refractivity contribution in [1.82, 2.24) is 0 Å². The van der Waals surface area contributed by atoms with E-state index in [1.54, 1.807) is 0 Å². The van der Waals surface area contributed by atoms with Crippen molar-refractivity contribution in [3.63, 3.8) is 0 Å². The lowest BCUT2D eigenvalue weighted by Gasteiger charge is -2.31. The summed E-state index contributed by atoms with van der Waals surface area (Å²) in [5.74, 6) is 0.152. The average molecular weight is 165 g/mol. The van der Waals surface area contributed by atoms with Crippen LogP contribution in [0.25, 0.3) is 0 Å². The highest BCUT2D eigenvalue weighted by atomic mass is 16.1. The van der Waals surface area contributed by atoms with Crippen LogP contribution in [0, 0.1) is 11.3 Å². The zero-order chi connectivity index (χ0) is 9.19. The number of hydrogen-bond donors (Lipinski definition) is 1. The van der Waals surface area contributed by atoms with E-state index >= 15 is 0 Å². The highest BCUT2D eigenvalue weighted by Crippen LogP contribution is 2.35. The molecule has 2 heteroatoms. The lowest BCUT2D eigenvalue weighted by atomic mass is 9.73. The maximum absolute atomic E-state index is 10.8. The summed E-state index contributed by atoms with van der Waals surface area (Å²) in [4.78, 5) is 10.8. The van der Waals surface area contributed by atoms with Crippen molar-refractivity contribution in [2.75, 3.05) is 0 Å². The molecule has 1 rings (SSSR count). The van der Waals surface area contributed by atoms with Gasteiger partial charge < -0.3 is 5.73 Å². The summed E-state index contributed by atoms with van der Waals surface area (Å²) in [5.41, 5.74) is 5.09. The molecule has 0 aromatic carbocycles. The van der Waals surface area contributed by atoms with Crippen molar-refractivity contribution >= 4 is 5.91 Å². The van der Waals surface area contributed by atoms with Crippen molar-refractivity contribution in [3.05, 3.63) is 24.3 Å². The molecule has 12 heavy (non-hydrogen) atoms. The Morgan fingerprint density at radius 3 is 2.75 bits per heavy atom. The zero-order valence-electron chi connectivity index (χ0n) is 7.58.